The van der Waals surface area contributed by atoms with Crippen LogP contribution in [0.4, 0.5) is 5.69 Å². The van der Waals surface area contributed by atoms with Crippen molar-refractivity contribution in [2.24, 2.45) is 5.92 Å². The first-order valence-corrected chi connectivity index (χ1v) is 8.68. The molecule has 25 heavy (non-hydrogen) atoms. The van der Waals surface area contributed by atoms with Crippen LogP contribution in [0.3, 0.4) is 0 Å². The quantitative estimate of drug-likeness (QED) is 0.932. The van der Waals surface area contributed by atoms with E-state index in [4.69, 9.17) is 0 Å². The van der Waals surface area contributed by atoms with Crippen molar-refractivity contribution in [2.45, 2.75) is 26.7 Å². The standard InChI is InChI=1S/C20H23N3O2/c1-14-10-12-23(13-11-14)20(25)18-9-5-8-17(21-18)19(24)22-16-7-4-3-6-15(16)2/h3-9,14H,10-13H2,1-2H3,(H,22,24). The smallest absolute Gasteiger partial charge is 0.274 e. The fourth-order valence-electron chi connectivity index (χ4n) is 2.95. The Balaban J connectivity index is 1.73. The first-order valence-electron chi connectivity index (χ1n) is 8.68. The van der Waals surface area contributed by atoms with E-state index in [1.165, 1.54) is 0 Å². The lowest BCUT2D eigenvalue weighted by Gasteiger charge is -2.30. The van der Waals surface area contributed by atoms with Gasteiger partial charge in [-0.25, -0.2) is 4.98 Å². The lowest BCUT2D eigenvalue weighted by atomic mass is 9.99. The molecule has 2 amide bonds. The van der Waals surface area contributed by atoms with Crippen molar-refractivity contribution in [3.63, 3.8) is 0 Å². The van der Waals surface area contributed by atoms with E-state index in [1.807, 2.05) is 36.1 Å². The second-order valence-electron chi connectivity index (χ2n) is 6.65. The molecule has 0 aliphatic carbocycles. The minimum absolute atomic E-state index is 0.0996. The molecule has 2 aromatic rings. The Morgan fingerprint density at radius 2 is 1.72 bits per heavy atom. The molecule has 1 fully saturated rings. The summed E-state index contributed by atoms with van der Waals surface area (Å²) in [4.78, 5) is 31.2. The summed E-state index contributed by atoms with van der Waals surface area (Å²) in [6.07, 6.45) is 2.03. The van der Waals surface area contributed by atoms with E-state index in [-0.39, 0.29) is 17.5 Å². The molecule has 1 aromatic carbocycles. The van der Waals surface area contributed by atoms with Gasteiger partial charge in [-0.3, -0.25) is 9.59 Å². The van der Waals surface area contributed by atoms with Crippen LogP contribution in [0.25, 0.3) is 0 Å². The second-order valence-corrected chi connectivity index (χ2v) is 6.65. The van der Waals surface area contributed by atoms with E-state index in [9.17, 15) is 9.59 Å². The van der Waals surface area contributed by atoms with Gasteiger partial charge < -0.3 is 10.2 Å². The number of piperidine rings is 1. The zero-order valence-electron chi connectivity index (χ0n) is 14.7. The van der Waals surface area contributed by atoms with Crippen molar-refractivity contribution in [3.05, 3.63) is 59.4 Å². The number of aryl methyl sites for hydroxylation is 1. The fraction of sp³-hybridized carbons (Fsp3) is 0.350. The number of nitrogens with one attached hydrogen (secondary N) is 1. The van der Waals surface area contributed by atoms with Gasteiger partial charge in [0.25, 0.3) is 11.8 Å². The van der Waals surface area contributed by atoms with Crippen LogP contribution in [0.5, 0.6) is 0 Å². The number of rotatable bonds is 3. The highest BCUT2D eigenvalue weighted by molar-refractivity contribution is 6.04. The summed E-state index contributed by atoms with van der Waals surface area (Å²) >= 11 is 0. The van der Waals surface area contributed by atoms with E-state index in [0.29, 0.717) is 11.6 Å². The van der Waals surface area contributed by atoms with Gasteiger partial charge in [0.1, 0.15) is 11.4 Å². The highest BCUT2D eigenvalue weighted by Gasteiger charge is 2.23. The first-order chi connectivity index (χ1) is 12.0. The van der Waals surface area contributed by atoms with Crippen LogP contribution in [0.2, 0.25) is 0 Å². The molecule has 3 rings (SSSR count). The van der Waals surface area contributed by atoms with E-state index in [1.54, 1.807) is 18.2 Å². The number of anilines is 1. The number of benzene rings is 1. The average Bonchev–Trinajstić information content (AvgIpc) is 2.64. The van der Waals surface area contributed by atoms with Gasteiger partial charge in [0.2, 0.25) is 0 Å². The van der Waals surface area contributed by atoms with E-state index in [2.05, 4.69) is 17.2 Å². The van der Waals surface area contributed by atoms with Gasteiger partial charge in [-0.2, -0.15) is 0 Å². The third-order valence-electron chi connectivity index (χ3n) is 4.66. The van der Waals surface area contributed by atoms with E-state index in [0.717, 1.165) is 37.2 Å². The average molecular weight is 337 g/mol. The molecule has 130 valence electrons. The minimum Gasteiger partial charge on any atom is -0.337 e. The number of hydrogen-bond donors (Lipinski definition) is 1. The van der Waals surface area contributed by atoms with Crippen molar-refractivity contribution in [3.8, 4) is 0 Å². The Hall–Kier alpha value is -2.69. The molecule has 0 saturated carbocycles. The summed E-state index contributed by atoms with van der Waals surface area (Å²) in [6, 6.07) is 12.6. The third kappa shape index (κ3) is 4.05. The molecule has 5 nitrogen and oxygen atoms in total. The molecule has 1 aromatic heterocycles. The van der Waals surface area contributed by atoms with Crippen molar-refractivity contribution >= 4 is 17.5 Å². The molecule has 1 aliphatic rings. The molecular weight excluding hydrogens is 314 g/mol. The summed E-state index contributed by atoms with van der Waals surface area (Å²) in [5, 5.41) is 2.85. The number of aromatic nitrogens is 1. The predicted octanol–water partition coefficient (Wildman–Crippen LogP) is 3.51. The summed E-state index contributed by atoms with van der Waals surface area (Å²) < 4.78 is 0. The van der Waals surface area contributed by atoms with Crippen molar-refractivity contribution < 1.29 is 9.59 Å². The van der Waals surface area contributed by atoms with Gasteiger partial charge >= 0.3 is 0 Å². The number of likely N-dealkylation sites (tertiary alicyclic amines) is 1. The number of carbonyl (C=O) groups excluding carboxylic acids is 2. The van der Waals surface area contributed by atoms with Crippen molar-refractivity contribution in [2.75, 3.05) is 18.4 Å². The number of hydrogen-bond acceptors (Lipinski definition) is 3. The number of carbonyl (C=O) groups is 2. The van der Waals surface area contributed by atoms with Crippen molar-refractivity contribution in [1.29, 1.82) is 0 Å². The Bertz CT molecular complexity index is 780. The van der Waals surface area contributed by atoms with Gasteiger partial charge in [-0.1, -0.05) is 31.2 Å². The number of nitrogens with zero attached hydrogens (tertiary/aromatic N) is 2. The van der Waals surface area contributed by atoms with Crippen LogP contribution in [-0.2, 0) is 0 Å². The minimum atomic E-state index is -0.309. The summed E-state index contributed by atoms with van der Waals surface area (Å²) in [5.74, 6) is 0.247. The predicted molar refractivity (Wildman–Crippen MR) is 97.7 cm³/mol. The SMILES string of the molecule is Cc1ccccc1NC(=O)c1cccc(C(=O)N2CCC(C)CC2)n1. The normalized spacial score (nSPS) is 15.0. The maximum atomic E-state index is 12.6. The first kappa shape index (κ1) is 17.1. The van der Waals surface area contributed by atoms with Gasteiger partial charge in [-0.05, 0) is 49.4 Å². The van der Waals surface area contributed by atoms with Crippen molar-refractivity contribution in [1.82, 2.24) is 9.88 Å². The van der Waals surface area contributed by atoms with Gasteiger partial charge in [-0.15, -0.1) is 0 Å². The number of amides is 2. The Kier molecular flexibility index (Phi) is 5.12. The Morgan fingerprint density at radius 1 is 1.04 bits per heavy atom. The number of pyridine rings is 1. The third-order valence-corrected chi connectivity index (χ3v) is 4.66. The highest BCUT2D eigenvalue weighted by Crippen LogP contribution is 2.18. The zero-order valence-corrected chi connectivity index (χ0v) is 14.7. The molecule has 0 unspecified atom stereocenters. The summed E-state index contributed by atoms with van der Waals surface area (Å²) in [6.45, 7) is 5.64. The largest absolute Gasteiger partial charge is 0.337 e. The molecular formula is C20H23N3O2. The van der Waals surface area contributed by atoms with Crippen LogP contribution in [0.15, 0.2) is 42.5 Å². The van der Waals surface area contributed by atoms with Crippen LogP contribution in [0, 0.1) is 12.8 Å². The molecule has 0 atom stereocenters. The maximum Gasteiger partial charge on any atom is 0.274 e. The van der Waals surface area contributed by atoms with Gasteiger partial charge in [0.05, 0.1) is 0 Å². The Labute approximate surface area is 148 Å². The lowest BCUT2D eigenvalue weighted by Crippen LogP contribution is -2.38. The molecule has 2 heterocycles. The van der Waals surface area contributed by atoms with Gasteiger partial charge in [0.15, 0.2) is 0 Å². The van der Waals surface area contributed by atoms with Gasteiger partial charge in [0, 0.05) is 18.8 Å². The van der Waals surface area contributed by atoms with Crippen LogP contribution < -0.4 is 5.32 Å². The van der Waals surface area contributed by atoms with E-state index < -0.39 is 0 Å². The summed E-state index contributed by atoms with van der Waals surface area (Å²) in [7, 11) is 0. The zero-order chi connectivity index (χ0) is 17.8. The highest BCUT2D eigenvalue weighted by atomic mass is 16.2. The molecule has 1 N–H and O–H groups in total. The molecule has 1 saturated heterocycles. The monoisotopic (exact) mass is 337 g/mol. The molecule has 1 aliphatic heterocycles. The lowest BCUT2D eigenvalue weighted by molar-refractivity contribution is 0.0691. The molecule has 0 spiro atoms. The fourth-order valence-corrected chi connectivity index (χ4v) is 2.95. The van der Waals surface area contributed by atoms with Crippen LogP contribution in [0.1, 0.15) is 46.3 Å². The maximum absolute atomic E-state index is 12.6. The van der Waals surface area contributed by atoms with Crippen LogP contribution >= 0.6 is 0 Å². The van der Waals surface area contributed by atoms with E-state index >= 15 is 0 Å². The molecule has 0 bridgehead atoms. The topological polar surface area (TPSA) is 62.3 Å². The Morgan fingerprint density at radius 3 is 2.44 bits per heavy atom. The molecule has 0 radical (unpaired) electrons. The van der Waals surface area contributed by atoms with Crippen LogP contribution in [-0.4, -0.2) is 34.8 Å². The summed E-state index contributed by atoms with van der Waals surface area (Å²) in [5.41, 5.74) is 2.30. The number of para-hydroxylation sites is 1. The molecule has 5 heteroatoms. The second kappa shape index (κ2) is 7.47.